The maximum atomic E-state index is 12.5. The molecule has 2 aliphatic rings. The Hall–Kier alpha value is -1.90. The number of fused-ring (bicyclic) bond motifs is 1. The molecule has 3 heteroatoms. The van der Waals surface area contributed by atoms with Gasteiger partial charge in [-0.1, -0.05) is 36.8 Å². The minimum Gasteiger partial charge on any atom is -0.274 e. The normalized spacial score (nSPS) is 29.8. The van der Waals surface area contributed by atoms with Crippen LogP contribution in [0.3, 0.4) is 0 Å². The van der Waals surface area contributed by atoms with Crippen molar-refractivity contribution in [1.82, 2.24) is 0 Å². The first-order valence-corrected chi connectivity index (χ1v) is 6.70. The van der Waals surface area contributed by atoms with E-state index in [-0.39, 0.29) is 29.6 Å². The molecule has 19 heavy (non-hydrogen) atoms. The summed E-state index contributed by atoms with van der Waals surface area (Å²) in [5.74, 6) is -0.302. The molecule has 1 fully saturated rings. The molecule has 98 valence electrons. The Morgan fingerprint density at radius 3 is 2.42 bits per heavy atom. The number of imide groups is 1. The van der Waals surface area contributed by atoms with E-state index in [9.17, 15) is 9.59 Å². The van der Waals surface area contributed by atoms with Crippen LogP contribution >= 0.6 is 0 Å². The molecule has 3 atom stereocenters. The lowest BCUT2D eigenvalue weighted by Crippen LogP contribution is -2.31. The van der Waals surface area contributed by atoms with Gasteiger partial charge in [-0.15, -0.1) is 0 Å². The Labute approximate surface area is 112 Å². The number of aryl methyl sites for hydroxylation is 1. The summed E-state index contributed by atoms with van der Waals surface area (Å²) in [6.45, 7) is 4.00. The molecule has 0 radical (unpaired) electrons. The van der Waals surface area contributed by atoms with Crippen LogP contribution in [0.15, 0.2) is 36.4 Å². The average molecular weight is 255 g/mol. The molecule has 0 aromatic heterocycles. The first-order chi connectivity index (χ1) is 9.09. The summed E-state index contributed by atoms with van der Waals surface area (Å²) in [4.78, 5) is 26.3. The van der Waals surface area contributed by atoms with Crippen LogP contribution in [0.4, 0.5) is 5.69 Å². The molecule has 3 nitrogen and oxygen atoms in total. The third-order valence-electron chi connectivity index (χ3n) is 4.16. The first-order valence-electron chi connectivity index (χ1n) is 6.70. The zero-order valence-corrected chi connectivity index (χ0v) is 11.2. The van der Waals surface area contributed by atoms with Crippen molar-refractivity contribution in [1.29, 1.82) is 0 Å². The van der Waals surface area contributed by atoms with E-state index in [2.05, 4.69) is 0 Å². The second kappa shape index (κ2) is 4.34. The van der Waals surface area contributed by atoms with Gasteiger partial charge in [-0.05, 0) is 31.4 Å². The molecule has 2 amide bonds. The third kappa shape index (κ3) is 1.81. The molecule has 1 saturated heterocycles. The fraction of sp³-hybridized carbons (Fsp3) is 0.375. The molecule has 1 heterocycles. The van der Waals surface area contributed by atoms with Gasteiger partial charge in [-0.2, -0.15) is 0 Å². The predicted octanol–water partition coefficient (Wildman–Crippen LogP) is 2.70. The minimum atomic E-state index is -0.182. The smallest absolute Gasteiger partial charge is 0.238 e. The quantitative estimate of drug-likeness (QED) is 0.571. The molecule has 1 aromatic rings. The van der Waals surface area contributed by atoms with Crippen LogP contribution in [-0.2, 0) is 9.59 Å². The van der Waals surface area contributed by atoms with Crippen LogP contribution in [0.2, 0.25) is 0 Å². The number of amides is 2. The number of allylic oxidation sites excluding steroid dienone is 2. The van der Waals surface area contributed by atoms with Crippen LogP contribution in [0.5, 0.6) is 0 Å². The molecule has 1 aliphatic heterocycles. The highest BCUT2D eigenvalue weighted by Gasteiger charge is 2.50. The Bertz CT molecular complexity index is 559. The van der Waals surface area contributed by atoms with Crippen molar-refractivity contribution in [2.45, 2.75) is 20.3 Å². The van der Waals surface area contributed by atoms with Crippen LogP contribution in [-0.4, -0.2) is 11.8 Å². The predicted molar refractivity (Wildman–Crippen MR) is 73.6 cm³/mol. The van der Waals surface area contributed by atoms with Crippen molar-refractivity contribution >= 4 is 17.5 Å². The Morgan fingerprint density at radius 1 is 1.11 bits per heavy atom. The lowest BCUT2D eigenvalue weighted by atomic mass is 9.78. The second-order valence-corrected chi connectivity index (χ2v) is 5.50. The highest BCUT2D eigenvalue weighted by atomic mass is 16.2. The van der Waals surface area contributed by atoms with E-state index in [0.29, 0.717) is 12.1 Å². The number of hydrogen-bond donors (Lipinski definition) is 0. The van der Waals surface area contributed by atoms with Crippen molar-refractivity contribution < 1.29 is 9.59 Å². The summed E-state index contributed by atoms with van der Waals surface area (Å²) in [5, 5.41) is 0. The first kappa shape index (κ1) is 12.2. The molecule has 0 unspecified atom stereocenters. The van der Waals surface area contributed by atoms with Crippen molar-refractivity contribution in [3.63, 3.8) is 0 Å². The van der Waals surface area contributed by atoms with Gasteiger partial charge in [0.2, 0.25) is 11.8 Å². The molecule has 0 spiro atoms. The van der Waals surface area contributed by atoms with Crippen LogP contribution in [0.1, 0.15) is 18.9 Å². The van der Waals surface area contributed by atoms with Gasteiger partial charge in [0.05, 0.1) is 17.5 Å². The molecule has 1 aliphatic carbocycles. The summed E-state index contributed by atoms with van der Waals surface area (Å²) in [7, 11) is 0. The third-order valence-corrected chi connectivity index (χ3v) is 4.16. The summed E-state index contributed by atoms with van der Waals surface area (Å²) in [6.07, 6.45) is 4.75. The van der Waals surface area contributed by atoms with Crippen molar-refractivity contribution in [3.05, 3.63) is 42.0 Å². The number of carbonyl (C=O) groups excluding carboxylic acids is 2. The SMILES string of the molecule is Cc1ccc(N2C(=O)[C@@H]3[C@H](C)C=CC[C@H]3C2=O)cc1. The summed E-state index contributed by atoms with van der Waals surface area (Å²) in [5.41, 5.74) is 1.82. The van der Waals surface area contributed by atoms with E-state index in [4.69, 9.17) is 0 Å². The van der Waals surface area contributed by atoms with Crippen LogP contribution in [0.25, 0.3) is 0 Å². The number of anilines is 1. The Kier molecular flexibility index (Phi) is 2.77. The number of nitrogens with zero attached hydrogens (tertiary/aromatic N) is 1. The topological polar surface area (TPSA) is 37.4 Å². The number of benzene rings is 1. The van der Waals surface area contributed by atoms with E-state index >= 15 is 0 Å². The zero-order valence-electron chi connectivity index (χ0n) is 11.2. The maximum absolute atomic E-state index is 12.5. The van der Waals surface area contributed by atoms with Gasteiger partial charge in [0.1, 0.15) is 0 Å². The van der Waals surface area contributed by atoms with E-state index in [1.807, 2.05) is 50.3 Å². The molecule has 0 saturated carbocycles. The Balaban J connectivity index is 1.98. The Morgan fingerprint density at radius 2 is 1.79 bits per heavy atom. The number of carbonyl (C=O) groups is 2. The molecular formula is C16H17NO2. The molecular weight excluding hydrogens is 238 g/mol. The van der Waals surface area contributed by atoms with Gasteiger partial charge in [0, 0.05) is 0 Å². The second-order valence-electron chi connectivity index (χ2n) is 5.50. The highest BCUT2D eigenvalue weighted by Crippen LogP contribution is 2.40. The summed E-state index contributed by atoms with van der Waals surface area (Å²) < 4.78 is 0. The minimum absolute atomic E-state index is 0.0456. The van der Waals surface area contributed by atoms with E-state index in [1.165, 1.54) is 4.90 Å². The van der Waals surface area contributed by atoms with Gasteiger partial charge in [-0.25, -0.2) is 0 Å². The maximum Gasteiger partial charge on any atom is 0.238 e. The number of rotatable bonds is 1. The molecule has 1 aromatic carbocycles. The standard InChI is InChI=1S/C16H17NO2/c1-10-6-8-12(9-7-10)17-15(18)13-5-3-4-11(2)14(13)16(17)19/h3-4,6-9,11,13-14H,5H2,1-2H3/t11-,13-,14-/m1/s1. The van der Waals surface area contributed by atoms with Crippen molar-refractivity contribution in [2.24, 2.45) is 17.8 Å². The van der Waals surface area contributed by atoms with Crippen molar-refractivity contribution in [2.75, 3.05) is 4.90 Å². The zero-order chi connectivity index (χ0) is 13.6. The summed E-state index contributed by atoms with van der Waals surface area (Å²) in [6, 6.07) is 7.56. The van der Waals surface area contributed by atoms with Gasteiger partial charge in [-0.3, -0.25) is 14.5 Å². The average Bonchev–Trinajstić information content (AvgIpc) is 2.65. The van der Waals surface area contributed by atoms with E-state index in [1.54, 1.807) is 0 Å². The van der Waals surface area contributed by atoms with Crippen LogP contribution in [0, 0.1) is 24.7 Å². The van der Waals surface area contributed by atoms with Crippen LogP contribution < -0.4 is 4.90 Å². The van der Waals surface area contributed by atoms with Gasteiger partial charge in [0.25, 0.3) is 0 Å². The van der Waals surface area contributed by atoms with Gasteiger partial charge >= 0.3 is 0 Å². The number of hydrogen-bond acceptors (Lipinski definition) is 2. The lowest BCUT2D eigenvalue weighted by molar-refractivity contribution is -0.122. The largest absolute Gasteiger partial charge is 0.274 e. The van der Waals surface area contributed by atoms with E-state index in [0.717, 1.165) is 5.56 Å². The fourth-order valence-corrected chi connectivity index (χ4v) is 3.10. The monoisotopic (exact) mass is 255 g/mol. The molecule has 0 bridgehead atoms. The lowest BCUT2D eigenvalue weighted by Gasteiger charge is -2.22. The summed E-state index contributed by atoms with van der Waals surface area (Å²) >= 11 is 0. The molecule has 3 rings (SSSR count). The van der Waals surface area contributed by atoms with Gasteiger partial charge < -0.3 is 0 Å². The molecule has 0 N–H and O–H groups in total. The van der Waals surface area contributed by atoms with Gasteiger partial charge in [0.15, 0.2) is 0 Å². The fourth-order valence-electron chi connectivity index (χ4n) is 3.10. The van der Waals surface area contributed by atoms with Crippen molar-refractivity contribution in [3.8, 4) is 0 Å². The van der Waals surface area contributed by atoms with E-state index < -0.39 is 0 Å². The highest BCUT2D eigenvalue weighted by molar-refractivity contribution is 6.22.